The number of aromatic nitrogens is 2. The van der Waals surface area contributed by atoms with E-state index in [1.165, 1.54) is 6.07 Å². The maximum Gasteiger partial charge on any atom is 0.180 e. The van der Waals surface area contributed by atoms with Crippen LogP contribution in [0.15, 0.2) is 24.3 Å². The van der Waals surface area contributed by atoms with Crippen molar-refractivity contribution < 1.29 is 9.18 Å². The Morgan fingerprint density at radius 3 is 2.81 bits per heavy atom. The molecule has 0 spiro atoms. The molecule has 0 saturated carbocycles. The molecule has 3 nitrogen and oxygen atoms in total. The Morgan fingerprint density at radius 1 is 1.44 bits per heavy atom. The molecule has 1 aromatic carbocycles. The van der Waals surface area contributed by atoms with Gasteiger partial charge in [-0.25, -0.2) is 4.39 Å². The maximum absolute atomic E-state index is 13.3. The van der Waals surface area contributed by atoms with Crippen molar-refractivity contribution >= 4 is 17.3 Å². The van der Waals surface area contributed by atoms with E-state index >= 15 is 0 Å². The molecule has 0 radical (unpaired) electrons. The molecular weight excluding hydrogens is 227 g/mol. The Morgan fingerprint density at radius 2 is 2.19 bits per heavy atom. The van der Waals surface area contributed by atoms with Crippen molar-refractivity contribution in [1.29, 1.82) is 0 Å². The van der Waals surface area contributed by atoms with Crippen LogP contribution in [0.5, 0.6) is 0 Å². The SMILES string of the molecule is Cc1nnsc1C(=O)Cc1ccccc1F. The van der Waals surface area contributed by atoms with Crippen molar-refractivity contribution in [3.05, 3.63) is 46.2 Å². The van der Waals surface area contributed by atoms with Gasteiger partial charge in [0.2, 0.25) is 0 Å². The van der Waals surface area contributed by atoms with Gasteiger partial charge in [-0.2, -0.15) is 0 Å². The predicted octanol–water partition coefficient (Wildman–Crippen LogP) is 2.41. The van der Waals surface area contributed by atoms with Crippen molar-refractivity contribution in [3.8, 4) is 0 Å². The van der Waals surface area contributed by atoms with E-state index in [2.05, 4.69) is 9.59 Å². The van der Waals surface area contributed by atoms with Crippen LogP contribution in [0.25, 0.3) is 0 Å². The number of carbonyl (C=O) groups is 1. The lowest BCUT2D eigenvalue weighted by Crippen LogP contribution is -2.04. The average molecular weight is 236 g/mol. The highest BCUT2D eigenvalue weighted by Crippen LogP contribution is 2.15. The van der Waals surface area contributed by atoms with Crippen LogP contribution in [0.3, 0.4) is 0 Å². The van der Waals surface area contributed by atoms with Crippen LogP contribution in [-0.4, -0.2) is 15.4 Å². The van der Waals surface area contributed by atoms with Crippen LogP contribution in [0.4, 0.5) is 4.39 Å². The lowest BCUT2D eigenvalue weighted by Gasteiger charge is -2.00. The maximum atomic E-state index is 13.3. The summed E-state index contributed by atoms with van der Waals surface area (Å²) in [6.45, 7) is 1.72. The largest absolute Gasteiger partial charge is 0.293 e. The molecule has 0 amide bonds. The van der Waals surface area contributed by atoms with Gasteiger partial charge in [-0.05, 0) is 30.1 Å². The van der Waals surface area contributed by atoms with Gasteiger partial charge in [0.1, 0.15) is 10.7 Å². The molecule has 2 aromatic rings. The molecule has 82 valence electrons. The van der Waals surface area contributed by atoms with Gasteiger partial charge in [-0.1, -0.05) is 22.7 Å². The first kappa shape index (κ1) is 10.9. The molecule has 0 fully saturated rings. The number of benzene rings is 1. The summed E-state index contributed by atoms with van der Waals surface area (Å²) in [6, 6.07) is 6.27. The van der Waals surface area contributed by atoms with E-state index in [4.69, 9.17) is 0 Å². The van der Waals surface area contributed by atoms with Gasteiger partial charge < -0.3 is 0 Å². The minimum atomic E-state index is -0.356. The predicted molar refractivity (Wildman–Crippen MR) is 59.1 cm³/mol. The minimum Gasteiger partial charge on any atom is -0.293 e. The highest BCUT2D eigenvalue weighted by Gasteiger charge is 2.15. The lowest BCUT2D eigenvalue weighted by molar-refractivity contribution is 0.0995. The Hall–Kier alpha value is -1.62. The molecule has 5 heteroatoms. The van der Waals surface area contributed by atoms with Crippen molar-refractivity contribution in [2.45, 2.75) is 13.3 Å². The van der Waals surface area contributed by atoms with Crippen LogP contribution in [0, 0.1) is 12.7 Å². The highest BCUT2D eigenvalue weighted by molar-refractivity contribution is 7.08. The van der Waals surface area contributed by atoms with Crippen molar-refractivity contribution in [3.63, 3.8) is 0 Å². The lowest BCUT2D eigenvalue weighted by atomic mass is 10.1. The molecule has 0 aliphatic rings. The molecule has 0 atom stereocenters. The Balaban J connectivity index is 2.21. The van der Waals surface area contributed by atoms with Gasteiger partial charge in [0.15, 0.2) is 5.78 Å². The monoisotopic (exact) mass is 236 g/mol. The first-order valence-corrected chi connectivity index (χ1v) is 5.51. The summed E-state index contributed by atoms with van der Waals surface area (Å²) in [5, 5.41) is 3.76. The number of ketones is 1. The normalized spacial score (nSPS) is 10.4. The van der Waals surface area contributed by atoms with Crippen LogP contribution in [0.2, 0.25) is 0 Å². The van der Waals surface area contributed by atoms with Gasteiger partial charge in [0.05, 0.1) is 5.69 Å². The van der Waals surface area contributed by atoms with Crippen LogP contribution in [0.1, 0.15) is 20.9 Å². The summed E-state index contributed by atoms with van der Waals surface area (Å²) in [5.74, 6) is -0.497. The number of nitrogens with zero attached hydrogens (tertiary/aromatic N) is 2. The van der Waals surface area contributed by atoms with Gasteiger partial charge >= 0.3 is 0 Å². The molecule has 1 aromatic heterocycles. The van der Waals surface area contributed by atoms with E-state index in [1.807, 2.05) is 0 Å². The number of hydrogen-bond acceptors (Lipinski definition) is 4. The van der Waals surface area contributed by atoms with E-state index in [9.17, 15) is 9.18 Å². The number of aryl methyl sites for hydroxylation is 1. The molecule has 0 aliphatic heterocycles. The molecule has 2 rings (SSSR count). The molecular formula is C11H9FN2OS. The average Bonchev–Trinajstić information content (AvgIpc) is 2.68. The summed E-state index contributed by atoms with van der Waals surface area (Å²) in [4.78, 5) is 12.3. The fourth-order valence-corrected chi connectivity index (χ4v) is 1.97. The molecule has 1 heterocycles. The zero-order valence-electron chi connectivity index (χ0n) is 8.61. The van der Waals surface area contributed by atoms with Gasteiger partial charge in [-0.3, -0.25) is 4.79 Å². The summed E-state index contributed by atoms with van der Waals surface area (Å²) in [7, 11) is 0. The zero-order chi connectivity index (χ0) is 11.5. The fourth-order valence-electron chi connectivity index (χ4n) is 1.38. The summed E-state index contributed by atoms with van der Waals surface area (Å²) < 4.78 is 17.0. The topological polar surface area (TPSA) is 42.9 Å². The van der Waals surface area contributed by atoms with Gasteiger partial charge in [0, 0.05) is 6.42 Å². The number of Topliss-reactive ketones (excluding diaryl/α,β-unsaturated/α-hetero) is 1. The Kier molecular flexibility index (Phi) is 3.05. The first-order chi connectivity index (χ1) is 7.68. The molecule has 0 saturated heterocycles. The minimum absolute atomic E-state index is 0.0530. The highest BCUT2D eigenvalue weighted by atomic mass is 32.1. The molecule has 0 bridgehead atoms. The molecule has 16 heavy (non-hydrogen) atoms. The Bertz CT molecular complexity index is 524. The molecule has 0 unspecified atom stereocenters. The Labute approximate surface area is 96.1 Å². The second-order valence-corrected chi connectivity index (χ2v) is 4.13. The van der Waals surface area contributed by atoms with E-state index in [0.717, 1.165) is 11.5 Å². The molecule has 0 N–H and O–H groups in total. The number of halogens is 1. The van der Waals surface area contributed by atoms with Crippen molar-refractivity contribution in [2.75, 3.05) is 0 Å². The third-order valence-corrected chi connectivity index (χ3v) is 3.08. The first-order valence-electron chi connectivity index (χ1n) is 4.74. The van der Waals surface area contributed by atoms with E-state index < -0.39 is 0 Å². The fraction of sp³-hybridized carbons (Fsp3) is 0.182. The summed E-state index contributed by atoms with van der Waals surface area (Å²) >= 11 is 1.05. The number of hydrogen-bond donors (Lipinski definition) is 0. The number of rotatable bonds is 3. The second-order valence-electron chi connectivity index (χ2n) is 3.38. The van der Waals surface area contributed by atoms with Gasteiger partial charge in [-0.15, -0.1) is 5.10 Å². The van der Waals surface area contributed by atoms with Crippen LogP contribution < -0.4 is 0 Å². The van der Waals surface area contributed by atoms with Crippen LogP contribution in [-0.2, 0) is 6.42 Å². The smallest absolute Gasteiger partial charge is 0.180 e. The third kappa shape index (κ3) is 2.14. The van der Waals surface area contributed by atoms with E-state index in [1.54, 1.807) is 25.1 Å². The zero-order valence-corrected chi connectivity index (χ0v) is 9.42. The quantitative estimate of drug-likeness (QED) is 0.768. The van der Waals surface area contributed by atoms with Crippen LogP contribution >= 0.6 is 11.5 Å². The summed E-state index contributed by atoms with van der Waals surface area (Å²) in [5.41, 5.74) is 1.01. The van der Waals surface area contributed by atoms with E-state index in [-0.39, 0.29) is 18.0 Å². The molecule has 0 aliphatic carbocycles. The van der Waals surface area contributed by atoms with E-state index in [0.29, 0.717) is 16.1 Å². The standard InChI is InChI=1S/C11H9FN2OS/c1-7-11(16-14-13-7)10(15)6-8-4-2-3-5-9(8)12/h2-5H,6H2,1H3. The van der Waals surface area contributed by atoms with Gasteiger partial charge in [0.25, 0.3) is 0 Å². The number of carbonyl (C=O) groups excluding carboxylic acids is 1. The third-order valence-electron chi connectivity index (χ3n) is 2.21. The van der Waals surface area contributed by atoms with Crippen molar-refractivity contribution in [2.24, 2.45) is 0 Å². The van der Waals surface area contributed by atoms with Crippen molar-refractivity contribution in [1.82, 2.24) is 9.59 Å². The summed E-state index contributed by atoms with van der Waals surface area (Å²) in [6.07, 6.45) is 0.0530. The second kappa shape index (κ2) is 4.49.